The van der Waals surface area contributed by atoms with Crippen LogP contribution in [0.5, 0.6) is 5.75 Å². The fourth-order valence-corrected chi connectivity index (χ4v) is 1.90. The summed E-state index contributed by atoms with van der Waals surface area (Å²) in [5.74, 6) is 0.885. The first kappa shape index (κ1) is 11.4. The van der Waals surface area contributed by atoms with Crippen molar-refractivity contribution in [3.63, 3.8) is 0 Å². The second-order valence-corrected chi connectivity index (χ2v) is 4.09. The summed E-state index contributed by atoms with van der Waals surface area (Å²) in [6.07, 6.45) is 2.39. The Kier molecular flexibility index (Phi) is 4.29. The van der Waals surface area contributed by atoms with Crippen LogP contribution in [0.25, 0.3) is 0 Å². The first-order valence-corrected chi connectivity index (χ1v) is 5.78. The predicted octanol–water partition coefficient (Wildman–Crippen LogP) is 2.34. The largest absolute Gasteiger partial charge is 0.496 e. The van der Waals surface area contributed by atoms with Crippen molar-refractivity contribution < 1.29 is 9.84 Å². The summed E-state index contributed by atoms with van der Waals surface area (Å²) in [5.41, 5.74) is 1.11. The Morgan fingerprint density at radius 2 is 2.21 bits per heavy atom. The quantitative estimate of drug-likeness (QED) is 0.777. The standard InChI is InChI=1S/C11H16O2S/c1-8(12)6-9-4-5-11(14-3)10(7-9)13-2/h4-5,7-8,12H,6H2,1-3H3. The predicted molar refractivity (Wildman–Crippen MR) is 60.2 cm³/mol. The van der Waals surface area contributed by atoms with Gasteiger partial charge < -0.3 is 9.84 Å². The van der Waals surface area contributed by atoms with Crippen LogP contribution in [0.2, 0.25) is 0 Å². The average molecular weight is 212 g/mol. The number of hydrogen-bond acceptors (Lipinski definition) is 3. The normalized spacial score (nSPS) is 12.6. The fourth-order valence-electron chi connectivity index (χ4n) is 1.35. The SMILES string of the molecule is COc1cc(CC(C)O)ccc1SC. The summed E-state index contributed by atoms with van der Waals surface area (Å²) in [7, 11) is 1.67. The summed E-state index contributed by atoms with van der Waals surface area (Å²) in [4.78, 5) is 1.13. The van der Waals surface area contributed by atoms with Gasteiger partial charge in [-0.2, -0.15) is 0 Å². The lowest BCUT2D eigenvalue weighted by atomic mass is 10.1. The van der Waals surface area contributed by atoms with Gasteiger partial charge in [-0.15, -0.1) is 11.8 Å². The van der Waals surface area contributed by atoms with E-state index >= 15 is 0 Å². The second kappa shape index (κ2) is 5.27. The van der Waals surface area contributed by atoms with Gasteiger partial charge in [0.15, 0.2) is 0 Å². The van der Waals surface area contributed by atoms with Crippen molar-refractivity contribution in [1.29, 1.82) is 0 Å². The molecule has 0 aliphatic rings. The summed E-state index contributed by atoms with van der Waals surface area (Å²) in [6.45, 7) is 1.79. The van der Waals surface area contributed by atoms with Crippen LogP contribution in [-0.2, 0) is 6.42 Å². The molecule has 0 fully saturated rings. The molecule has 0 amide bonds. The minimum Gasteiger partial charge on any atom is -0.496 e. The molecule has 0 saturated carbocycles. The highest BCUT2D eigenvalue weighted by Gasteiger charge is 2.05. The molecule has 0 aromatic heterocycles. The summed E-state index contributed by atoms with van der Waals surface area (Å²) in [6, 6.07) is 6.04. The van der Waals surface area contributed by atoms with Crippen molar-refractivity contribution in [2.45, 2.75) is 24.3 Å². The first-order chi connectivity index (χ1) is 6.67. The molecule has 14 heavy (non-hydrogen) atoms. The zero-order valence-corrected chi connectivity index (χ0v) is 9.60. The van der Waals surface area contributed by atoms with E-state index in [0.717, 1.165) is 16.2 Å². The average Bonchev–Trinajstić information content (AvgIpc) is 2.16. The molecule has 0 saturated heterocycles. The highest BCUT2D eigenvalue weighted by molar-refractivity contribution is 7.98. The van der Waals surface area contributed by atoms with Crippen LogP contribution in [0.4, 0.5) is 0 Å². The van der Waals surface area contributed by atoms with Gasteiger partial charge in [0, 0.05) is 4.90 Å². The highest BCUT2D eigenvalue weighted by Crippen LogP contribution is 2.28. The minimum absolute atomic E-state index is 0.306. The number of ether oxygens (including phenoxy) is 1. The highest BCUT2D eigenvalue weighted by atomic mass is 32.2. The van der Waals surface area contributed by atoms with Gasteiger partial charge in [-0.05, 0) is 37.3 Å². The molecule has 0 aliphatic heterocycles. The summed E-state index contributed by atoms with van der Waals surface area (Å²) >= 11 is 1.66. The molecule has 1 aromatic carbocycles. The molecule has 0 aliphatic carbocycles. The van der Waals surface area contributed by atoms with Crippen LogP contribution in [0, 0.1) is 0 Å². The summed E-state index contributed by atoms with van der Waals surface area (Å²) in [5, 5.41) is 9.25. The van der Waals surface area contributed by atoms with Crippen molar-refractivity contribution in [3.8, 4) is 5.75 Å². The van der Waals surface area contributed by atoms with Gasteiger partial charge in [-0.25, -0.2) is 0 Å². The van der Waals surface area contributed by atoms with Crippen LogP contribution < -0.4 is 4.74 Å². The van der Waals surface area contributed by atoms with Gasteiger partial charge in [0.05, 0.1) is 13.2 Å². The van der Waals surface area contributed by atoms with Gasteiger partial charge in [-0.1, -0.05) is 6.07 Å². The van der Waals surface area contributed by atoms with Crippen molar-refractivity contribution >= 4 is 11.8 Å². The topological polar surface area (TPSA) is 29.5 Å². The van der Waals surface area contributed by atoms with Crippen molar-refractivity contribution in [1.82, 2.24) is 0 Å². The number of aliphatic hydroxyl groups excluding tert-OH is 1. The number of aliphatic hydroxyl groups is 1. The van der Waals surface area contributed by atoms with E-state index in [1.54, 1.807) is 25.8 Å². The maximum Gasteiger partial charge on any atom is 0.132 e. The molecule has 1 unspecified atom stereocenters. The second-order valence-electron chi connectivity index (χ2n) is 3.24. The molecule has 0 radical (unpaired) electrons. The molecule has 0 bridgehead atoms. The Labute approximate surface area is 89.3 Å². The minimum atomic E-state index is -0.306. The van der Waals surface area contributed by atoms with Gasteiger partial charge >= 0.3 is 0 Å². The van der Waals surface area contributed by atoms with E-state index < -0.39 is 0 Å². The molecule has 1 aromatic rings. The maximum absolute atomic E-state index is 9.25. The lowest BCUT2D eigenvalue weighted by Gasteiger charge is -2.09. The Morgan fingerprint density at radius 1 is 1.50 bits per heavy atom. The number of rotatable bonds is 4. The Balaban J connectivity index is 2.89. The fraction of sp³-hybridized carbons (Fsp3) is 0.455. The van der Waals surface area contributed by atoms with Crippen LogP contribution in [-0.4, -0.2) is 24.6 Å². The van der Waals surface area contributed by atoms with Crippen molar-refractivity contribution in [3.05, 3.63) is 23.8 Å². The third-order valence-electron chi connectivity index (χ3n) is 1.98. The lowest BCUT2D eigenvalue weighted by molar-refractivity contribution is 0.195. The Hall–Kier alpha value is -0.670. The zero-order chi connectivity index (χ0) is 10.6. The third kappa shape index (κ3) is 2.93. The van der Waals surface area contributed by atoms with E-state index in [1.807, 2.05) is 24.5 Å². The zero-order valence-electron chi connectivity index (χ0n) is 8.78. The van der Waals surface area contributed by atoms with Crippen LogP contribution in [0.3, 0.4) is 0 Å². The molecule has 1 atom stereocenters. The van der Waals surface area contributed by atoms with E-state index in [-0.39, 0.29) is 6.10 Å². The van der Waals surface area contributed by atoms with Crippen molar-refractivity contribution in [2.24, 2.45) is 0 Å². The molecule has 2 nitrogen and oxygen atoms in total. The van der Waals surface area contributed by atoms with Gasteiger partial charge in [-0.3, -0.25) is 0 Å². The molecule has 1 rings (SSSR count). The van der Waals surface area contributed by atoms with E-state index in [4.69, 9.17) is 4.74 Å². The van der Waals surface area contributed by atoms with Crippen LogP contribution in [0.1, 0.15) is 12.5 Å². The number of thioether (sulfide) groups is 1. The van der Waals surface area contributed by atoms with E-state index in [0.29, 0.717) is 6.42 Å². The summed E-state index contributed by atoms with van der Waals surface area (Å²) < 4.78 is 5.26. The van der Waals surface area contributed by atoms with Crippen LogP contribution >= 0.6 is 11.8 Å². The lowest BCUT2D eigenvalue weighted by Crippen LogP contribution is -2.04. The molecular weight excluding hydrogens is 196 g/mol. The number of methoxy groups -OCH3 is 1. The van der Waals surface area contributed by atoms with E-state index in [1.165, 1.54) is 0 Å². The molecule has 78 valence electrons. The number of hydrogen-bond donors (Lipinski definition) is 1. The Morgan fingerprint density at radius 3 is 2.71 bits per heavy atom. The monoisotopic (exact) mass is 212 g/mol. The number of benzene rings is 1. The van der Waals surface area contributed by atoms with Gasteiger partial charge in [0.1, 0.15) is 5.75 Å². The molecule has 3 heteroatoms. The van der Waals surface area contributed by atoms with E-state index in [2.05, 4.69) is 0 Å². The van der Waals surface area contributed by atoms with Gasteiger partial charge in [0.2, 0.25) is 0 Å². The maximum atomic E-state index is 9.25. The van der Waals surface area contributed by atoms with E-state index in [9.17, 15) is 5.11 Å². The Bertz CT molecular complexity index is 297. The molecular formula is C11H16O2S. The smallest absolute Gasteiger partial charge is 0.132 e. The molecule has 1 N–H and O–H groups in total. The molecule has 0 spiro atoms. The van der Waals surface area contributed by atoms with Gasteiger partial charge in [0.25, 0.3) is 0 Å². The van der Waals surface area contributed by atoms with Crippen molar-refractivity contribution in [2.75, 3.05) is 13.4 Å². The molecule has 0 heterocycles. The van der Waals surface area contributed by atoms with Crippen LogP contribution in [0.15, 0.2) is 23.1 Å². The third-order valence-corrected chi connectivity index (χ3v) is 2.76. The first-order valence-electron chi connectivity index (χ1n) is 4.56.